The lowest BCUT2D eigenvalue weighted by Crippen LogP contribution is -2.25. The molecule has 0 spiro atoms. The first-order valence-electron chi connectivity index (χ1n) is 6.76. The maximum absolute atomic E-state index is 12.0. The highest BCUT2D eigenvalue weighted by atomic mass is 35.5. The maximum atomic E-state index is 12.0. The van der Waals surface area contributed by atoms with Crippen LogP contribution in [0.2, 0.25) is 5.15 Å². The number of halogens is 1. The number of nitrogens with two attached hydrogens (primary N) is 1. The van der Waals surface area contributed by atoms with Gasteiger partial charge < -0.3 is 11.1 Å². The van der Waals surface area contributed by atoms with Crippen molar-refractivity contribution in [3.8, 4) is 0 Å². The monoisotopic (exact) mass is 297 g/mol. The summed E-state index contributed by atoms with van der Waals surface area (Å²) in [6.07, 6.45) is 3.47. The van der Waals surface area contributed by atoms with Gasteiger partial charge in [-0.25, -0.2) is 4.98 Å². The van der Waals surface area contributed by atoms with Gasteiger partial charge in [-0.2, -0.15) is 0 Å². The molecular weight excluding hydrogens is 278 g/mol. The van der Waals surface area contributed by atoms with Gasteiger partial charge in [0, 0.05) is 24.2 Å². The molecule has 6 heteroatoms. The van der Waals surface area contributed by atoms with Gasteiger partial charge >= 0.3 is 0 Å². The summed E-state index contributed by atoms with van der Waals surface area (Å²) >= 11 is 5.91. The number of aromatic nitrogens is 1. The maximum Gasteiger partial charge on any atom is 0.251 e. The molecule has 1 aromatic heterocycles. The number of hydrogen-bond donors (Lipinski definition) is 2. The first kappa shape index (κ1) is 16.4. The number of nitrogens with one attached hydrogen (secondary N) is 1. The van der Waals surface area contributed by atoms with Gasteiger partial charge in [-0.15, -0.1) is 0 Å². The van der Waals surface area contributed by atoms with Crippen molar-refractivity contribution in [2.45, 2.75) is 39.0 Å². The van der Waals surface area contributed by atoms with Crippen LogP contribution in [0.4, 0.5) is 0 Å². The molecule has 0 unspecified atom stereocenters. The third-order valence-corrected chi connectivity index (χ3v) is 2.94. The van der Waals surface area contributed by atoms with Gasteiger partial charge in [-0.05, 0) is 31.4 Å². The first-order chi connectivity index (χ1) is 9.52. The number of rotatable bonds is 8. The zero-order chi connectivity index (χ0) is 15.0. The van der Waals surface area contributed by atoms with Crippen molar-refractivity contribution in [1.82, 2.24) is 10.3 Å². The Labute approximate surface area is 123 Å². The van der Waals surface area contributed by atoms with Gasteiger partial charge in [0.25, 0.3) is 5.91 Å². The zero-order valence-electron chi connectivity index (χ0n) is 11.6. The summed E-state index contributed by atoms with van der Waals surface area (Å²) in [5, 5.41) is 3.12. The van der Waals surface area contributed by atoms with Crippen molar-refractivity contribution in [1.29, 1.82) is 0 Å². The Morgan fingerprint density at radius 3 is 2.75 bits per heavy atom. The summed E-state index contributed by atoms with van der Waals surface area (Å²) in [6, 6.07) is 3.31. The van der Waals surface area contributed by atoms with Crippen molar-refractivity contribution < 1.29 is 9.59 Å². The summed E-state index contributed by atoms with van der Waals surface area (Å²) in [4.78, 5) is 26.7. The van der Waals surface area contributed by atoms with Gasteiger partial charge in [-0.1, -0.05) is 24.9 Å². The second-order valence-corrected chi connectivity index (χ2v) is 4.99. The van der Waals surface area contributed by atoms with Crippen molar-refractivity contribution >= 4 is 23.4 Å². The highest BCUT2D eigenvalue weighted by Crippen LogP contribution is 2.12. The second kappa shape index (κ2) is 8.53. The van der Waals surface area contributed by atoms with Crippen LogP contribution < -0.4 is 11.1 Å². The molecule has 5 nitrogen and oxygen atoms in total. The number of primary amides is 1. The molecule has 0 radical (unpaired) electrons. The number of amides is 2. The lowest BCUT2D eigenvalue weighted by Gasteiger charge is -2.07. The molecular formula is C14H20ClN3O2. The van der Waals surface area contributed by atoms with Crippen LogP contribution in [0, 0.1) is 0 Å². The van der Waals surface area contributed by atoms with E-state index in [1.54, 1.807) is 12.1 Å². The molecule has 0 aliphatic carbocycles. The van der Waals surface area contributed by atoms with Crippen LogP contribution in [-0.2, 0) is 11.2 Å². The van der Waals surface area contributed by atoms with Gasteiger partial charge in [0.1, 0.15) is 5.15 Å². The minimum Gasteiger partial charge on any atom is -0.370 e. The average Bonchev–Trinajstić information content (AvgIpc) is 2.37. The Balaban J connectivity index is 2.48. The first-order valence-corrected chi connectivity index (χ1v) is 7.13. The van der Waals surface area contributed by atoms with Crippen molar-refractivity contribution in [2.75, 3.05) is 6.54 Å². The minimum atomic E-state index is -0.318. The van der Waals surface area contributed by atoms with Crippen LogP contribution in [-0.4, -0.2) is 23.3 Å². The van der Waals surface area contributed by atoms with E-state index >= 15 is 0 Å². The predicted octanol–water partition coefficient (Wildman–Crippen LogP) is 2.07. The van der Waals surface area contributed by atoms with Crippen molar-refractivity contribution in [2.24, 2.45) is 5.73 Å². The smallest absolute Gasteiger partial charge is 0.251 e. The van der Waals surface area contributed by atoms with Gasteiger partial charge in [-0.3, -0.25) is 9.59 Å². The van der Waals surface area contributed by atoms with Gasteiger partial charge in [0.15, 0.2) is 0 Å². The lowest BCUT2D eigenvalue weighted by molar-refractivity contribution is -0.118. The number of unbranched alkanes of at least 4 members (excludes halogenated alkanes) is 1. The summed E-state index contributed by atoms with van der Waals surface area (Å²) in [7, 11) is 0. The summed E-state index contributed by atoms with van der Waals surface area (Å²) in [5.74, 6) is -0.493. The van der Waals surface area contributed by atoms with Crippen molar-refractivity contribution in [3.63, 3.8) is 0 Å². The summed E-state index contributed by atoms with van der Waals surface area (Å²) in [6.45, 7) is 2.55. The third-order valence-electron chi connectivity index (χ3n) is 2.75. The number of carbonyl (C=O) groups is 2. The van der Waals surface area contributed by atoms with E-state index in [4.69, 9.17) is 17.3 Å². The van der Waals surface area contributed by atoms with E-state index in [0.29, 0.717) is 30.1 Å². The molecule has 110 valence electrons. The molecule has 0 saturated carbocycles. The summed E-state index contributed by atoms with van der Waals surface area (Å²) in [5.41, 5.74) is 6.37. The number of pyridine rings is 1. The molecule has 1 rings (SSSR count). The van der Waals surface area contributed by atoms with Crippen LogP contribution in [0.25, 0.3) is 0 Å². The topological polar surface area (TPSA) is 85.1 Å². The number of carbonyl (C=O) groups excluding carboxylic acids is 2. The molecule has 0 aliphatic rings. The number of aryl methyl sites for hydroxylation is 1. The predicted molar refractivity (Wildman–Crippen MR) is 78.6 cm³/mol. The zero-order valence-corrected chi connectivity index (χ0v) is 12.4. The van der Waals surface area contributed by atoms with Crippen LogP contribution in [0.5, 0.6) is 0 Å². The molecule has 0 aliphatic heterocycles. The highest BCUT2D eigenvalue weighted by molar-refractivity contribution is 6.29. The van der Waals surface area contributed by atoms with Crippen LogP contribution in [0.15, 0.2) is 12.1 Å². The molecule has 0 aromatic carbocycles. The minimum absolute atomic E-state index is 0.175. The van der Waals surface area contributed by atoms with E-state index in [9.17, 15) is 9.59 Å². The van der Waals surface area contributed by atoms with Gasteiger partial charge in [0.05, 0.1) is 0 Å². The van der Waals surface area contributed by atoms with Crippen molar-refractivity contribution in [3.05, 3.63) is 28.5 Å². The molecule has 2 amide bonds. The quantitative estimate of drug-likeness (QED) is 0.569. The second-order valence-electron chi connectivity index (χ2n) is 4.60. The van der Waals surface area contributed by atoms with E-state index in [1.807, 2.05) is 6.92 Å². The highest BCUT2D eigenvalue weighted by Gasteiger charge is 2.08. The summed E-state index contributed by atoms with van der Waals surface area (Å²) < 4.78 is 0. The lowest BCUT2D eigenvalue weighted by atomic mass is 10.1. The third kappa shape index (κ3) is 6.02. The van der Waals surface area contributed by atoms with E-state index in [-0.39, 0.29) is 11.8 Å². The number of hydrogen-bond acceptors (Lipinski definition) is 3. The molecule has 3 N–H and O–H groups in total. The molecule has 0 bridgehead atoms. The standard InChI is InChI=1S/C14H20ClN3O2/c1-2-5-11-8-10(9-12(15)18-11)14(20)17-7-4-3-6-13(16)19/h8-9H,2-7H2,1H3,(H2,16,19)(H,17,20). The number of nitrogens with zero attached hydrogens (tertiary/aromatic N) is 1. The van der Waals surface area contributed by atoms with Crippen LogP contribution >= 0.6 is 11.6 Å². The molecule has 0 saturated heterocycles. The fourth-order valence-corrected chi connectivity index (χ4v) is 2.02. The normalized spacial score (nSPS) is 10.3. The molecule has 0 fully saturated rings. The Morgan fingerprint density at radius 2 is 2.10 bits per heavy atom. The van der Waals surface area contributed by atoms with E-state index in [2.05, 4.69) is 10.3 Å². The fraction of sp³-hybridized carbons (Fsp3) is 0.500. The van der Waals surface area contributed by atoms with Crippen LogP contribution in [0.3, 0.4) is 0 Å². The van der Waals surface area contributed by atoms with Crippen LogP contribution in [0.1, 0.15) is 48.7 Å². The van der Waals surface area contributed by atoms with E-state index in [1.165, 1.54) is 0 Å². The SMILES string of the molecule is CCCc1cc(C(=O)NCCCCC(N)=O)cc(Cl)n1. The van der Waals surface area contributed by atoms with E-state index < -0.39 is 0 Å². The molecule has 1 heterocycles. The van der Waals surface area contributed by atoms with E-state index in [0.717, 1.165) is 25.0 Å². The Kier molecular flexibility index (Phi) is 7.01. The largest absolute Gasteiger partial charge is 0.370 e. The Bertz CT molecular complexity index is 477. The van der Waals surface area contributed by atoms with Gasteiger partial charge in [0.2, 0.25) is 5.91 Å². The molecule has 20 heavy (non-hydrogen) atoms. The molecule has 0 atom stereocenters. The average molecular weight is 298 g/mol. The molecule has 1 aromatic rings. The Morgan fingerprint density at radius 1 is 1.35 bits per heavy atom. The Hall–Kier alpha value is -1.62. The fourth-order valence-electron chi connectivity index (χ4n) is 1.79.